The summed E-state index contributed by atoms with van der Waals surface area (Å²) in [7, 11) is -4.15. The van der Waals surface area contributed by atoms with Crippen molar-refractivity contribution in [3.05, 3.63) is 129 Å². The fourth-order valence-corrected chi connectivity index (χ4v) is 6.87. The average Bonchev–Trinajstić information content (AvgIpc) is 2.99. The molecular weight excluding hydrogens is 650 g/mol. The summed E-state index contributed by atoms with van der Waals surface area (Å²) in [6.07, 6.45) is 0.257. The normalized spacial score (nSPS) is 12.1. The molecule has 0 radical (unpaired) electrons. The van der Waals surface area contributed by atoms with Gasteiger partial charge < -0.3 is 10.2 Å². The molecule has 0 saturated heterocycles. The topological polar surface area (TPSA) is 86.8 Å². The quantitative estimate of drug-likeness (QED) is 0.179. The number of carbonyl (C=O) groups is 2. The summed E-state index contributed by atoms with van der Waals surface area (Å²) >= 11 is 3.51. The Kier molecular flexibility index (Phi) is 11.2. The molecule has 0 spiro atoms. The smallest absolute Gasteiger partial charge is 0.264 e. The lowest BCUT2D eigenvalue weighted by Crippen LogP contribution is -2.54. The molecule has 0 heterocycles. The predicted molar refractivity (Wildman–Crippen MR) is 184 cm³/mol. The van der Waals surface area contributed by atoms with Crippen LogP contribution in [0.2, 0.25) is 0 Å². The Morgan fingerprint density at radius 3 is 2.09 bits per heavy atom. The van der Waals surface area contributed by atoms with E-state index in [0.717, 1.165) is 36.6 Å². The van der Waals surface area contributed by atoms with Gasteiger partial charge in [-0.15, -0.1) is 0 Å². The molecule has 0 fully saturated rings. The molecule has 0 aliphatic carbocycles. The molecular formula is C36H40BrN3O4S. The van der Waals surface area contributed by atoms with E-state index < -0.39 is 28.5 Å². The first-order valence-corrected chi connectivity index (χ1v) is 17.1. The molecule has 4 rings (SSSR count). The number of nitrogens with zero attached hydrogens (tertiary/aromatic N) is 2. The third kappa shape index (κ3) is 8.83. The number of hydrogen-bond acceptors (Lipinski definition) is 4. The second-order valence-corrected chi connectivity index (χ2v) is 14.4. The third-order valence-electron chi connectivity index (χ3n) is 7.61. The number of carbonyl (C=O) groups excluding carboxylic acids is 2. The highest BCUT2D eigenvalue weighted by Gasteiger charge is 2.35. The van der Waals surface area contributed by atoms with Gasteiger partial charge in [0.15, 0.2) is 0 Å². The van der Waals surface area contributed by atoms with Crippen molar-refractivity contribution < 1.29 is 18.0 Å². The SMILES string of the molecule is Cc1ccc(S(=O)(=O)N(CC(=O)N(Cc2cccc(Br)c2)[C@@H](Cc2ccccc2)C(=O)NC(C)C)c2ccc(C)c(C)c2)cc1. The maximum atomic E-state index is 14.6. The maximum absolute atomic E-state index is 14.6. The molecule has 0 aliphatic heterocycles. The van der Waals surface area contributed by atoms with Gasteiger partial charge in [0.2, 0.25) is 11.8 Å². The number of amides is 2. The summed E-state index contributed by atoms with van der Waals surface area (Å²) in [6.45, 7) is 9.09. The Morgan fingerprint density at radius 2 is 1.47 bits per heavy atom. The molecule has 0 unspecified atom stereocenters. The van der Waals surface area contributed by atoms with Gasteiger partial charge in [-0.3, -0.25) is 13.9 Å². The lowest BCUT2D eigenvalue weighted by molar-refractivity contribution is -0.140. The van der Waals surface area contributed by atoms with Gasteiger partial charge in [0, 0.05) is 23.5 Å². The van der Waals surface area contributed by atoms with E-state index in [4.69, 9.17) is 0 Å². The van der Waals surface area contributed by atoms with Gasteiger partial charge in [0.1, 0.15) is 12.6 Å². The molecule has 9 heteroatoms. The molecule has 236 valence electrons. The minimum atomic E-state index is -4.15. The Hall–Kier alpha value is -3.95. The van der Waals surface area contributed by atoms with Crippen LogP contribution >= 0.6 is 15.9 Å². The number of benzene rings is 4. The van der Waals surface area contributed by atoms with Crippen LogP contribution in [0.1, 0.15) is 41.7 Å². The van der Waals surface area contributed by atoms with E-state index in [-0.39, 0.29) is 29.8 Å². The van der Waals surface area contributed by atoms with Gasteiger partial charge >= 0.3 is 0 Å². The van der Waals surface area contributed by atoms with Crippen molar-refractivity contribution >= 4 is 43.5 Å². The molecule has 1 atom stereocenters. The number of anilines is 1. The van der Waals surface area contributed by atoms with Gasteiger partial charge in [0.05, 0.1) is 10.6 Å². The van der Waals surface area contributed by atoms with Crippen LogP contribution in [-0.2, 0) is 32.6 Å². The van der Waals surface area contributed by atoms with E-state index >= 15 is 0 Å². The monoisotopic (exact) mass is 689 g/mol. The zero-order chi connectivity index (χ0) is 32.7. The summed E-state index contributed by atoms with van der Waals surface area (Å²) in [5.74, 6) is -0.806. The molecule has 4 aromatic carbocycles. The lowest BCUT2D eigenvalue weighted by atomic mass is 10.0. The minimum absolute atomic E-state index is 0.0797. The molecule has 0 bridgehead atoms. The molecule has 1 N–H and O–H groups in total. The van der Waals surface area contributed by atoms with Gasteiger partial charge in [0.25, 0.3) is 10.0 Å². The fourth-order valence-electron chi connectivity index (χ4n) is 5.01. The first-order chi connectivity index (χ1) is 21.3. The van der Waals surface area contributed by atoms with Crippen molar-refractivity contribution in [3.63, 3.8) is 0 Å². The molecule has 2 amide bonds. The number of nitrogens with one attached hydrogen (secondary N) is 1. The number of rotatable bonds is 12. The van der Waals surface area contributed by atoms with Crippen LogP contribution in [0.3, 0.4) is 0 Å². The number of sulfonamides is 1. The molecule has 0 saturated carbocycles. The summed E-state index contributed by atoms with van der Waals surface area (Å²) in [5.41, 5.74) is 4.87. The van der Waals surface area contributed by atoms with Crippen molar-refractivity contribution in [2.24, 2.45) is 0 Å². The summed E-state index contributed by atoms with van der Waals surface area (Å²) in [6, 6.07) is 27.9. The van der Waals surface area contributed by atoms with Crippen molar-refractivity contribution in [1.82, 2.24) is 10.2 Å². The fraction of sp³-hybridized carbons (Fsp3) is 0.278. The molecule has 0 aliphatic rings. The van der Waals surface area contributed by atoms with Crippen molar-refractivity contribution in [1.29, 1.82) is 0 Å². The number of hydrogen-bond donors (Lipinski definition) is 1. The van der Waals surface area contributed by atoms with Crippen LogP contribution in [0, 0.1) is 20.8 Å². The van der Waals surface area contributed by atoms with Gasteiger partial charge in [-0.25, -0.2) is 8.42 Å². The number of aryl methyl sites for hydroxylation is 3. The largest absolute Gasteiger partial charge is 0.352 e. The van der Waals surface area contributed by atoms with Crippen LogP contribution in [0.5, 0.6) is 0 Å². The van der Waals surface area contributed by atoms with Crippen LogP contribution in [0.4, 0.5) is 5.69 Å². The Balaban J connectivity index is 1.82. The van der Waals surface area contributed by atoms with Gasteiger partial charge in [-0.1, -0.05) is 82.2 Å². The Labute approximate surface area is 275 Å². The molecule has 0 aromatic heterocycles. The van der Waals surface area contributed by atoms with E-state index in [1.807, 2.05) is 95.3 Å². The highest BCUT2D eigenvalue weighted by Crippen LogP contribution is 2.27. The minimum Gasteiger partial charge on any atom is -0.352 e. The summed E-state index contributed by atoms with van der Waals surface area (Å²) in [5, 5.41) is 2.98. The molecule has 4 aromatic rings. The first kappa shape index (κ1) is 33.9. The van der Waals surface area contributed by atoms with Crippen LogP contribution in [0.15, 0.2) is 106 Å². The van der Waals surface area contributed by atoms with E-state index in [9.17, 15) is 18.0 Å². The molecule has 7 nitrogen and oxygen atoms in total. The zero-order valence-corrected chi connectivity index (χ0v) is 28.7. The Morgan fingerprint density at radius 1 is 0.800 bits per heavy atom. The van der Waals surface area contributed by atoms with Crippen molar-refractivity contribution in [2.75, 3.05) is 10.8 Å². The van der Waals surface area contributed by atoms with Crippen LogP contribution in [-0.4, -0.2) is 43.8 Å². The van der Waals surface area contributed by atoms with Crippen molar-refractivity contribution in [3.8, 4) is 0 Å². The highest BCUT2D eigenvalue weighted by molar-refractivity contribution is 9.10. The highest BCUT2D eigenvalue weighted by atomic mass is 79.9. The second-order valence-electron chi connectivity index (χ2n) is 11.6. The first-order valence-electron chi connectivity index (χ1n) is 14.9. The van der Waals surface area contributed by atoms with Gasteiger partial charge in [-0.05, 0) is 93.3 Å². The summed E-state index contributed by atoms with van der Waals surface area (Å²) < 4.78 is 30.4. The molecule has 45 heavy (non-hydrogen) atoms. The predicted octanol–water partition coefficient (Wildman–Crippen LogP) is 6.73. The van der Waals surface area contributed by atoms with E-state index in [1.165, 1.54) is 4.90 Å². The maximum Gasteiger partial charge on any atom is 0.264 e. The average molecular weight is 691 g/mol. The van der Waals surface area contributed by atoms with Crippen LogP contribution < -0.4 is 9.62 Å². The number of halogens is 1. The second kappa shape index (κ2) is 14.9. The zero-order valence-electron chi connectivity index (χ0n) is 26.3. The van der Waals surface area contributed by atoms with E-state index in [0.29, 0.717) is 5.69 Å². The van der Waals surface area contributed by atoms with Gasteiger partial charge in [-0.2, -0.15) is 0 Å². The van der Waals surface area contributed by atoms with Crippen LogP contribution in [0.25, 0.3) is 0 Å². The Bertz CT molecular complexity index is 1740. The van der Waals surface area contributed by atoms with E-state index in [2.05, 4.69) is 21.2 Å². The lowest BCUT2D eigenvalue weighted by Gasteiger charge is -2.34. The third-order valence-corrected chi connectivity index (χ3v) is 9.89. The summed E-state index contributed by atoms with van der Waals surface area (Å²) in [4.78, 5) is 29.9. The standard InChI is InChI=1S/C36H40BrN3O4S/c1-25(2)38-36(42)34(22-29-10-7-6-8-11-29)39(23-30-12-9-13-31(37)21-30)35(41)24-40(32-17-16-27(4)28(5)20-32)45(43,44)33-18-14-26(3)15-19-33/h6-21,25,34H,22-24H2,1-5H3,(H,38,42)/t34-/m0/s1. The van der Waals surface area contributed by atoms with Crippen molar-refractivity contribution in [2.45, 2.75) is 64.6 Å². The van der Waals surface area contributed by atoms with E-state index in [1.54, 1.807) is 36.4 Å².